The Bertz CT molecular complexity index is 458. The zero-order valence-electron chi connectivity index (χ0n) is 7.43. The molecule has 0 saturated heterocycles. The van der Waals surface area contributed by atoms with Crippen LogP contribution in [0.5, 0.6) is 0 Å². The SMILES string of the molecule is Cn1nc(-c2cnc[nH]2)cc1C(=O)O. The summed E-state index contributed by atoms with van der Waals surface area (Å²) >= 11 is 0. The average Bonchev–Trinajstić information content (AvgIpc) is 2.70. The Balaban J connectivity index is 2.48. The molecule has 0 unspecified atom stereocenters. The molecule has 2 N–H and O–H groups in total. The van der Waals surface area contributed by atoms with Crippen molar-refractivity contribution in [2.24, 2.45) is 7.05 Å². The fraction of sp³-hybridized carbons (Fsp3) is 0.125. The number of hydrogen-bond acceptors (Lipinski definition) is 3. The molecule has 0 aliphatic rings. The zero-order chi connectivity index (χ0) is 10.1. The molecule has 0 aliphatic carbocycles. The lowest BCUT2D eigenvalue weighted by atomic mass is 10.3. The molecule has 2 heterocycles. The minimum absolute atomic E-state index is 0.148. The number of hydrogen-bond donors (Lipinski definition) is 2. The number of aromatic nitrogens is 4. The first-order chi connectivity index (χ1) is 6.68. The van der Waals surface area contributed by atoms with Crippen LogP contribution in [0, 0.1) is 0 Å². The number of carboxylic acids is 1. The molecule has 0 spiro atoms. The summed E-state index contributed by atoms with van der Waals surface area (Å²) in [6.45, 7) is 0. The molecule has 0 fully saturated rings. The van der Waals surface area contributed by atoms with E-state index in [1.807, 2.05) is 0 Å². The Morgan fingerprint density at radius 2 is 2.43 bits per heavy atom. The lowest BCUT2D eigenvalue weighted by Crippen LogP contribution is -2.04. The molecule has 0 radical (unpaired) electrons. The number of imidazole rings is 1. The number of rotatable bonds is 2. The molecular weight excluding hydrogens is 184 g/mol. The lowest BCUT2D eigenvalue weighted by molar-refractivity contribution is 0.0685. The predicted molar refractivity (Wildman–Crippen MR) is 47.7 cm³/mol. The van der Waals surface area contributed by atoms with E-state index in [0.717, 1.165) is 0 Å². The van der Waals surface area contributed by atoms with Crippen molar-refractivity contribution in [2.75, 3.05) is 0 Å². The van der Waals surface area contributed by atoms with Gasteiger partial charge in [0.05, 0.1) is 18.2 Å². The van der Waals surface area contributed by atoms with Crippen LogP contribution in [0.4, 0.5) is 0 Å². The highest BCUT2D eigenvalue weighted by atomic mass is 16.4. The summed E-state index contributed by atoms with van der Waals surface area (Å²) in [6, 6.07) is 1.50. The van der Waals surface area contributed by atoms with Crippen molar-refractivity contribution in [2.45, 2.75) is 0 Å². The summed E-state index contributed by atoms with van der Waals surface area (Å²) in [4.78, 5) is 17.4. The van der Waals surface area contributed by atoms with Gasteiger partial charge in [-0.05, 0) is 0 Å². The molecule has 2 aromatic heterocycles. The van der Waals surface area contributed by atoms with E-state index in [4.69, 9.17) is 5.11 Å². The van der Waals surface area contributed by atoms with Gasteiger partial charge in [-0.1, -0.05) is 0 Å². The molecule has 0 saturated carbocycles. The lowest BCUT2D eigenvalue weighted by Gasteiger charge is -1.91. The first-order valence-electron chi connectivity index (χ1n) is 3.94. The predicted octanol–water partition coefficient (Wildman–Crippen LogP) is 0.508. The largest absolute Gasteiger partial charge is 0.477 e. The number of carboxylic acid groups (broad SMARTS) is 1. The van der Waals surface area contributed by atoms with E-state index in [1.54, 1.807) is 13.2 Å². The summed E-state index contributed by atoms with van der Waals surface area (Å²) in [6.07, 6.45) is 3.11. The van der Waals surface area contributed by atoms with Crippen molar-refractivity contribution in [3.05, 3.63) is 24.3 Å². The molecule has 0 aliphatic heterocycles. The fourth-order valence-corrected chi connectivity index (χ4v) is 1.19. The van der Waals surface area contributed by atoms with Gasteiger partial charge in [0.2, 0.25) is 0 Å². The van der Waals surface area contributed by atoms with Gasteiger partial charge in [0.15, 0.2) is 0 Å². The van der Waals surface area contributed by atoms with Gasteiger partial charge in [-0.2, -0.15) is 5.10 Å². The minimum atomic E-state index is -0.995. The highest BCUT2D eigenvalue weighted by Crippen LogP contribution is 2.14. The molecule has 2 rings (SSSR count). The van der Waals surface area contributed by atoms with Crippen molar-refractivity contribution in [3.63, 3.8) is 0 Å². The number of carbonyl (C=O) groups is 1. The second-order valence-electron chi connectivity index (χ2n) is 2.81. The topological polar surface area (TPSA) is 83.8 Å². The number of aromatic amines is 1. The second-order valence-corrected chi connectivity index (χ2v) is 2.81. The van der Waals surface area contributed by atoms with Gasteiger partial charge in [-0.3, -0.25) is 4.68 Å². The van der Waals surface area contributed by atoms with Crippen LogP contribution in [0.3, 0.4) is 0 Å². The highest BCUT2D eigenvalue weighted by Gasteiger charge is 2.12. The molecule has 0 aromatic carbocycles. The van der Waals surface area contributed by atoms with Crippen molar-refractivity contribution < 1.29 is 9.90 Å². The molecule has 14 heavy (non-hydrogen) atoms. The van der Waals surface area contributed by atoms with Crippen LogP contribution >= 0.6 is 0 Å². The van der Waals surface area contributed by atoms with Crippen molar-refractivity contribution in [1.82, 2.24) is 19.7 Å². The molecule has 6 nitrogen and oxygen atoms in total. The van der Waals surface area contributed by atoms with Crippen LogP contribution in [0.25, 0.3) is 11.4 Å². The Hall–Kier alpha value is -2.11. The maximum absolute atomic E-state index is 10.7. The average molecular weight is 192 g/mol. The number of H-pyrrole nitrogens is 1. The molecular formula is C8H8N4O2. The van der Waals surface area contributed by atoms with Gasteiger partial charge >= 0.3 is 5.97 Å². The van der Waals surface area contributed by atoms with Gasteiger partial charge in [0, 0.05) is 13.1 Å². The van der Waals surface area contributed by atoms with Gasteiger partial charge < -0.3 is 10.1 Å². The summed E-state index contributed by atoms with van der Waals surface area (Å²) in [7, 11) is 1.59. The standard InChI is InChI=1S/C8H8N4O2/c1-12-7(8(13)14)2-5(11-12)6-3-9-4-10-6/h2-4H,1H3,(H,9,10)(H,13,14). The van der Waals surface area contributed by atoms with Crippen LogP contribution in [0.15, 0.2) is 18.6 Å². The van der Waals surface area contributed by atoms with Crippen molar-refractivity contribution in [1.29, 1.82) is 0 Å². The molecule has 2 aromatic rings. The van der Waals surface area contributed by atoms with E-state index in [1.165, 1.54) is 17.1 Å². The third-order valence-corrected chi connectivity index (χ3v) is 1.87. The number of nitrogens with zero attached hydrogens (tertiary/aromatic N) is 3. The Morgan fingerprint density at radius 1 is 1.64 bits per heavy atom. The quantitative estimate of drug-likeness (QED) is 0.726. The van der Waals surface area contributed by atoms with E-state index in [2.05, 4.69) is 15.1 Å². The Labute approximate surface area is 79.2 Å². The third kappa shape index (κ3) is 1.26. The zero-order valence-corrected chi connectivity index (χ0v) is 7.43. The van der Waals surface area contributed by atoms with Crippen LogP contribution in [-0.4, -0.2) is 30.8 Å². The third-order valence-electron chi connectivity index (χ3n) is 1.87. The number of aromatic carboxylic acids is 1. The van der Waals surface area contributed by atoms with E-state index in [0.29, 0.717) is 11.4 Å². The first-order valence-corrected chi connectivity index (χ1v) is 3.94. The van der Waals surface area contributed by atoms with Gasteiger partial charge in [-0.15, -0.1) is 0 Å². The van der Waals surface area contributed by atoms with Crippen LogP contribution < -0.4 is 0 Å². The van der Waals surface area contributed by atoms with E-state index in [9.17, 15) is 4.79 Å². The summed E-state index contributed by atoms with van der Waals surface area (Å²) < 4.78 is 1.32. The Kier molecular flexibility index (Phi) is 1.81. The molecule has 0 atom stereocenters. The van der Waals surface area contributed by atoms with Gasteiger partial charge in [0.25, 0.3) is 0 Å². The van der Waals surface area contributed by atoms with Crippen LogP contribution in [0.1, 0.15) is 10.5 Å². The van der Waals surface area contributed by atoms with Gasteiger partial charge in [-0.25, -0.2) is 9.78 Å². The van der Waals surface area contributed by atoms with Crippen molar-refractivity contribution in [3.8, 4) is 11.4 Å². The summed E-state index contributed by atoms with van der Waals surface area (Å²) in [5.74, 6) is -0.995. The molecule has 0 amide bonds. The molecule has 72 valence electrons. The highest BCUT2D eigenvalue weighted by molar-refractivity contribution is 5.87. The van der Waals surface area contributed by atoms with E-state index < -0.39 is 5.97 Å². The van der Waals surface area contributed by atoms with Crippen LogP contribution in [-0.2, 0) is 7.05 Å². The van der Waals surface area contributed by atoms with Crippen molar-refractivity contribution >= 4 is 5.97 Å². The smallest absolute Gasteiger partial charge is 0.354 e. The molecule has 0 bridgehead atoms. The Morgan fingerprint density at radius 3 is 2.93 bits per heavy atom. The molecule has 6 heteroatoms. The van der Waals surface area contributed by atoms with Gasteiger partial charge in [0.1, 0.15) is 11.4 Å². The van der Waals surface area contributed by atoms with Crippen LogP contribution in [0.2, 0.25) is 0 Å². The maximum Gasteiger partial charge on any atom is 0.354 e. The maximum atomic E-state index is 10.7. The fourth-order valence-electron chi connectivity index (χ4n) is 1.19. The first kappa shape index (κ1) is 8.49. The van der Waals surface area contributed by atoms with E-state index in [-0.39, 0.29) is 5.69 Å². The number of aryl methyl sites for hydroxylation is 1. The monoisotopic (exact) mass is 192 g/mol. The van der Waals surface area contributed by atoms with E-state index >= 15 is 0 Å². The minimum Gasteiger partial charge on any atom is -0.477 e. The normalized spacial score (nSPS) is 10.4. The summed E-state index contributed by atoms with van der Waals surface area (Å²) in [5.41, 5.74) is 1.42. The summed E-state index contributed by atoms with van der Waals surface area (Å²) in [5, 5.41) is 12.8. The number of nitrogens with one attached hydrogen (secondary N) is 1. The second kappa shape index (κ2) is 2.99.